The van der Waals surface area contributed by atoms with E-state index in [0.717, 1.165) is 21.6 Å². The summed E-state index contributed by atoms with van der Waals surface area (Å²) in [7, 11) is -3.89. The molecule has 0 saturated heterocycles. The van der Waals surface area contributed by atoms with Gasteiger partial charge in [0.1, 0.15) is 0 Å². The second kappa shape index (κ2) is 13.5. The van der Waals surface area contributed by atoms with E-state index in [2.05, 4.69) is 20.8 Å². The fourth-order valence-electron chi connectivity index (χ4n) is 4.07. The van der Waals surface area contributed by atoms with Crippen LogP contribution in [-0.4, -0.2) is 49.8 Å². The lowest BCUT2D eigenvalue weighted by molar-refractivity contribution is -0.132. The van der Waals surface area contributed by atoms with Crippen molar-refractivity contribution in [1.82, 2.24) is 9.21 Å². The summed E-state index contributed by atoms with van der Waals surface area (Å²) in [4.78, 5) is 16.8. The molecule has 0 N–H and O–H groups in total. The summed E-state index contributed by atoms with van der Waals surface area (Å²) >= 11 is 1.61. The lowest BCUT2D eigenvalue weighted by Gasteiger charge is -2.28. The maximum absolute atomic E-state index is 13.8. The second-order valence-electron chi connectivity index (χ2n) is 10.4. The number of amides is 1. The number of carbonyl (C=O) groups is 1. The largest absolute Gasteiger partial charge is 0.382 e. The Hall–Kier alpha value is -2.52. The molecule has 3 aromatic rings. The second-order valence-corrected chi connectivity index (χ2v) is 13.4. The molecule has 0 aliphatic carbocycles. The van der Waals surface area contributed by atoms with Crippen LogP contribution in [0.2, 0.25) is 0 Å². The minimum Gasteiger partial charge on any atom is -0.382 e. The maximum atomic E-state index is 13.8. The minimum atomic E-state index is -3.89. The van der Waals surface area contributed by atoms with Crippen LogP contribution in [0.25, 0.3) is 0 Å². The number of carbonyl (C=O) groups excluding carboxylic acids is 1. The molecule has 0 saturated carbocycles. The molecule has 1 heterocycles. The summed E-state index contributed by atoms with van der Waals surface area (Å²) in [5.41, 5.74) is 3.09. The van der Waals surface area contributed by atoms with Crippen LogP contribution in [0.3, 0.4) is 0 Å². The van der Waals surface area contributed by atoms with Crippen LogP contribution in [0, 0.1) is 6.92 Å². The van der Waals surface area contributed by atoms with Gasteiger partial charge in [0.05, 0.1) is 18.0 Å². The fourth-order valence-corrected chi connectivity index (χ4v) is 6.42. The van der Waals surface area contributed by atoms with Crippen molar-refractivity contribution in [2.75, 3.05) is 26.3 Å². The first-order chi connectivity index (χ1) is 18.0. The average molecular weight is 557 g/mol. The molecule has 206 valence electrons. The highest BCUT2D eigenvalue weighted by molar-refractivity contribution is 7.89. The molecule has 0 bridgehead atoms. The number of ether oxygens (including phenoxy) is 1. The third kappa shape index (κ3) is 8.24. The molecule has 0 atom stereocenters. The summed E-state index contributed by atoms with van der Waals surface area (Å²) in [5, 5.41) is 2.02. The van der Waals surface area contributed by atoms with Crippen LogP contribution in [0.4, 0.5) is 0 Å². The van der Waals surface area contributed by atoms with E-state index in [0.29, 0.717) is 32.7 Å². The molecule has 1 amide bonds. The molecule has 1 aromatic heterocycles. The van der Waals surface area contributed by atoms with Gasteiger partial charge < -0.3 is 9.64 Å². The lowest BCUT2D eigenvalue weighted by Crippen LogP contribution is -2.43. The fraction of sp³-hybridized carbons (Fsp3) is 0.433. The molecule has 0 aliphatic heterocycles. The zero-order valence-electron chi connectivity index (χ0n) is 23.1. The van der Waals surface area contributed by atoms with E-state index >= 15 is 0 Å². The molecule has 0 radical (unpaired) electrons. The van der Waals surface area contributed by atoms with Crippen LogP contribution in [-0.2, 0) is 38.1 Å². The molecule has 0 fully saturated rings. The predicted octanol–water partition coefficient (Wildman–Crippen LogP) is 6.00. The Kier molecular flexibility index (Phi) is 10.7. The third-order valence-electron chi connectivity index (χ3n) is 6.44. The Bertz CT molecular complexity index is 1260. The van der Waals surface area contributed by atoms with Crippen molar-refractivity contribution in [2.45, 2.75) is 64.4 Å². The smallest absolute Gasteiger partial charge is 0.243 e. The summed E-state index contributed by atoms with van der Waals surface area (Å²) in [6, 6.07) is 18.8. The third-order valence-corrected chi connectivity index (χ3v) is 9.31. The number of aryl methyl sites for hydroxylation is 1. The van der Waals surface area contributed by atoms with Gasteiger partial charge in [0.15, 0.2) is 0 Å². The Morgan fingerprint density at radius 2 is 1.66 bits per heavy atom. The van der Waals surface area contributed by atoms with Gasteiger partial charge in [-0.3, -0.25) is 4.79 Å². The van der Waals surface area contributed by atoms with E-state index in [4.69, 9.17) is 4.74 Å². The van der Waals surface area contributed by atoms with Crippen molar-refractivity contribution >= 4 is 27.3 Å². The van der Waals surface area contributed by atoms with Gasteiger partial charge in [-0.15, -0.1) is 11.3 Å². The molecule has 2 aromatic carbocycles. The number of rotatable bonds is 13. The standard InChI is InChI=1S/C30H40N2O4S2/c1-6-36-19-10-18-32(38(34,35)27-15-13-26(14-16-27)30(3,4)5)23-29(33)31(21-25-11-8-7-9-12-25)22-28-24(2)17-20-37-28/h7-9,11-17,20H,6,10,18-19,21-23H2,1-5H3. The minimum absolute atomic E-state index is 0.0900. The summed E-state index contributed by atoms with van der Waals surface area (Å²) in [6.45, 7) is 12.0. The monoisotopic (exact) mass is 556 g/mol. The van der Waals surface area contributed by atoms with Crippen molar-refractivity contribution in [2.24, 2.45) is 0 Å². The van der Waals surface area contributed by atoms with Gasteiger partial charge in [0.2, 0.25) is 15.9 Å². The Morgan fingerprint density at radius 3 is 2.24 bits per heavy atom. The Labute approximate surface area is 232 Å². The van der Waals surface area contributed by atoms with Gasteiger partial charge in [-0.25, -0.2) is 8.42 Å². The number of nitrogens with zero attached hydrogens (tertiary/aromatic N) is 2. The van der Waals surface area contributed by atoms with Crippen molar-refractivity contribution < 1.29 is 17.9 Å². The van der Waals surface area contributed by atoms with E-state index in [1.165, 1.54) is 4.31 Å². The quantitative estimate of drug-likeness (QED) is 0.242. The van der Waals surface area contributed by atoms with E-state index in [1.54, 1.807) is 28.4 Å². The highest BCUT2D eigenvalue weighted by atomic mass is 32.2. The van der Waals surface area contributed by atoms with E-state index in [-0.39, 0.29) is 29.3 Å². The molecule has 0 spiro atoms. The van der Waals surface area contributed by atoms with Gasteiger partial charge in [0.25, 0.3) is 0 Å². The first kappa shape index (κ1) is 30.0. The molecular formula is C30H40N2O4S2. The van der Waals surface area contributed by atoms with Gasteiger partial charge in [-0.2, -0.15) is 4.31 Å². The van der Waals surface area contributed by atoms with Gasteiger partial charge >= 0.3 is 0 Å². The topological polar surface area (TPSA) is 66.9 Å². The Balaban J connectivity index is 1.88. The number of hydrogen-bond donors (Lipinski definition) is 0. The zero-order chi connectivity index (χ0) is 27.8. The molecule has 0 aliphatic rings. The molecule has 38 heavy (non-hydrogen) atoms. The van der Waals surface area contributed by atoms with Gasteiger partial charge in [-0.05, 0) is 66.0 Å². The highest BCUT2D eigenvalue weighted by Crippen LogP contribution is 2.25. The first-order valence-electron chi connectivity index (χ1n) is 13.1. The summed E-state index contributed by atoms with van der Waals surface area (Å²) in [6.07, 6.45) is 0.503. The van der Waals surface area contributed by atoms with Gasteiger partial charge in [0, 0.05) is 31.2 Å². The van der Waals surface area contributed by atoms with E-state index in [1.807, 2.05) is 67.8 Å². The number of sulfonamides is 1. The molecule has 6 nitrogen and oxygen atoms in total. The molecular weight excluding hydrogens is 516 g/mol. The first-order valence-corrected chi connectivity index (χ1v) is 15.4. The zero-order valence-corrected chi connectivity index (χ0v) is 24.8. The van der Waals surface area contributed by atoms with E-state index < -0.39 is 10.0 Å². The van der Waals surface area contributed by atoms with Gasteiger partial charge in [-0.1, -0.05) is 63.2 Å². The molecule has 3 rings (SSSR count). The van der Waals surface area contributed by atoms with Crippen molar-refractivity contribution in [3.05, 3.63) is 87.6 Å². The number of benzene rings is 2. The van der Waals surface area contributed by atoms with E-state index in [9.17, 15) is 13.2 Å². The Morgan fingerprint density at radius 1 is 0.974 bits per heavy atom. The normalized spacial score (nSPS) is 12.2. The molecule has 8 heteroatoms. The van der Waals surface area contributed by atoms with Crippen molar-refractivity contribution in [3.8, 4) is 0 Å². The van der Waals surface area contributed by atoms with Crippen molar-refractivity contribution in [3.63, 3.8) is 0 Å². The SMILES string of the molecule is CCOCCCN(CC(=O)N(Cc1ccccc1)Cc1sccc1C)S(=O)(=O)c1ccc(C(C)(C)C)cc1. The van der Waals surface area contributed by atoms with Crippen molar-refractivity contribution in [1.29, 1.82) is 0 Å². The number of thiophene rings is 1. The van der Waals surface area contributed by atoms with Crippen LogP contribution in [0.15, 0.2) is 70.9 Å². The lowest BCUT2D eigenvalue weighted by atomic mass is 9.87. The number of hydrogen-bond acceptors (Lipinski definition) is 5. The van der Waals surface area contributed by atoms with Crippen LogP contribution in [0.1, 0.15) is 55.7 Å². The predicted molar refractivity (Wildman–Crippen MR) is 155 cm³/mol. The average Bonchev–Trinajstić information content (AvgIpc) is 3.29. The van der Waals surface area contributed by atoms with Crippen LogP contribution >= 0.6 is 11.3 Å². The maximum Gasteiger partial charge on any atom is 0.243 e. The van der Waals surface area contributed by atoms with Crippen LogP contribution < -0.4 is 0 Å². The summed E-state index contributed by atoms with van der Waals surface area (Å²) in [5.74, 6) is -0.229. The summed E-state index contributed by atoms with van der Waals surface area (Å²) < 4.78 is 34.3. The highest BCUT2D eigenvalue weighted by Gasteiger charge is 2.29. The van der Waals surface area contributed by atoms with Crippen LogP contribution in [0.5, 0.6) is 0 Å². The molecule has 0 unspecified atom stereocenters.